The van der Waals surface area contributed by atoms with E-state index >= 15 is 0 Å². The summed E-state index contributed by atoms with van der Waals surface area (Å²) in [6, 6.07) is 14.2. The third kappa shape index (κ3) is 4.48. The summed E-state index contributed by atoms with van der Waals surface area (Å²) in [4.78, 5) is 10.3. The smallest absolute Gasteiger partial charge is 0.277 e. The van der Waals surface area contributed by atoms with Crippen molar-refractivity contribution in [3.8, 4) is 0 Å². The molecule has 7 nitrogen and oxygen atoms in total. The second-order valence-electron chi connectivity index (χ2n) is 4.48. The summed E-state index contributed by atoms with van der Waals surface area (Å²) in [5.41, 5.74) is 6.09. The average molecular weight is 331 g/mol. The van der Waals surface area contributed by atoms with Crippen LogP contribution in [0.1, 0.15) is 11.1 Å². The van der Waals surface area contributed by atoms with Gasteiger partial charge in [0.15, 0.2) is 0 Å². The lowest BCUT2D eigenvalue weighted by atomic mass is 10.2. The lowest BCUT2D eigenvalue weighted by Crippen LogP contribution is -2.15. The number of amidine groups is 1. The third-order valence-corrected chi connectivity index (χ3v) is 3.78. The summed E-state index contributed by atoms with van der Waals surface area (Å²) in [7, 11) is -4.01. The molecule has 0 saturated heterocycles. The first kappa shape index (κ1) is 16.4. The van der Waals surface area contributed by atoms with E-state index in [1.165, 1.54) is 18.2 Å². The van der Waals surface area contributed by atoms with Crippen molar-refractivity contribution in [3.63, 3.8) is 0 Å². The van der Waals surface area contributed by atoms with Crippen LogP contribution in [0.5, 0.6) is 0 Å². The number of nitrogens with zero attached hydrogens (tertiary/aromatic N) is 2. The molecule has 8 heteroatoms. The third-order valence-electron chi connectivity index (χ3n) is 2.85. The normalized spacial score (nSPS) is 12.4. The van der Waals surface area contributed by atoms with E-state index in [0.29, 0.717) is 5.56 Å². The van der Waals surface area contributed by atoms with Crippen molar-refractivity contribution in [3.05, 3.63) is 81.2 Å². The number of benzene rings is 2. The number of rotatable bonds is 5. The molecule has 0 spiro atoms. The summed E-state index contributed by atoms with van der Waals surface area (Å²) < 4.78 is 27.4. The zero-order valence-electron chi connectivity index (χ0n) is 11.9. The first-order chi connectivity index (χ1) is 10.9. The number of nitrogens with two attached hydrogens (primary N) is 1. The van der Waals surface area contributed by atoms with Gasteiger partial charge in [-0.2, -0.15) is 8.42 Å². The predicted octanol–water partition coefficient (Wildman–Crippen LogP) is 2.30. The molecule has 0 aromatic heterocycles. The first-order valence-corrected chi connectivity index (χ1v) is 7.97. The molecule has 2 aromatic rings. The van der Waals surface area contributed by atoms with Crippen LogP contribution in [0.3, 0.4) is 0 Å². The Morgan fingerprint density at radius 3 is 2.35 bits per heavy atom. The van der Waals surface area contributed by atoms with Crippen LogP contribution in [0.2, 0.25) is 0 Å². The van der Waals surface area contributed by atoms with E-state index in [4.69, 9.17) is 5.73 Å². The number of hydrogen-bond donors (Lipinski definition) is 1. The summed E-state index contributed by atoms with van der Waals surface area (Å²) in [5.74, 6) is -0.155. The van der Waals surface area contributed by atoms with E-state index in [-0.39, 0.29) is 17.1 Å². The van der Waals surface area contributed by atoms with Crippen molar-refractivity contribution in [1.82, 2.24) is 0 Å². The Labute approximate surface area is 133 Å². The number of hydrogen-bond acceptors (Lipinski definition) is 4. The van der Waals surface area contributed by atoms with Gasteiger partial charge in [-0.1, -0.05) is 42.5 Å². The van der Waals surface area contributed by atoms with E-state index in [1.54, 1.807) is 36.4 Å². The summed E-state index contributed by atoms with van der Waals surface area (Å²) in [6.45, 7) is 0. The quantitative estimate of drug-likeness (QED) is 0.390. The van der Waals surface area contributed by atoms with Crippen LogP contribution >= 0.6 is 0 Å². The Kier molecular flexibility index (Phi) is 4.87. The summed E-state index contributed by atoms with van der Waals surface area (Å²) >= 11 is 0. The second-order valence-corrected chi connectivity index (χ2v) is 5.96. The van der Waals surface area contributed by atoms with Gasteiger partial charge < -0.3 is 5.73 Å². The minimum absolute atomic E-state index is 0.155. The van der Waals surface area contributed by atoms with Crippen molar-refractivity contribution in [1.29, 1.82) is 0 Å². The maximum Gasteiger partial charge on any atom is 0.277 e. The molecule has 0 saturated carbocycles. The fraction of sp³-hybridized carbons (Fsp3) is 0. The van der Waals surface area contributed by atoms with Crippen molar-refractivity contribution < 1.29 is 13.3 Å². The van der Waals surface area contributed by atoms with Gasteiger partial charge in [-0.25, -0.2) is 0 Å². The lowest BCUT2D eigenvalue weighted by Gasteiger charge is -1.99. The molecule has 0 heterocycles. The topological polar surface area (TPSA) is 116 Å². The highest BCUT2D eigenvalue weighted by atomic mass is 32.2. The van der Waals surface area contributed by atoms with Crippen molar-refractivity contribution >= 4 is 27.6 Å². The van der Waals surface area contributed by atoms with Gasteiger partial charge in [-0.3, -0.25) is 10.1 Å². The van der Waals surface area contributed by atoms with Crippen LogP contribution in [-0.2, 0) is 10.0 Å². The average Bonchev–Trinajstić information content (AvgIpc) is 2.53. The van der Waals surface area contributed by atoms with Crippen LogP contribution in [0.4, 0.5) is 5.69 Å². The Balaban J connectivity index is 2.30. The number of nitro benzene ring substituents is 1. The van der Waals surface area contributed by atoms with Gasteiger partial charge in [-0.05, 0) is 12.1 Å². The molecule has 0 fully saturated rings. The summed E-state index contributed by atoms with van der Waals surface area (Å²) in [6.07, 6.45) is 1.12. The maximum absolute atomic E-state index is 11.9. The van der Waals surface area contributed by atoms with E-state index in [1.807, 2.05) is 0 Å². The van der Waals surface area contributed by atoms with E-state index in [9.17, 15) is 18.5 Å². The molecule has 0 aliphatic heterocycles. The van der Waals surface area contributed by atoms with Crippen LogP contribution in [0.25, 0.3) is 6.08 Å². The zero-order valence-corrected chi connectivity index (χ0v) is 12.7. The second kappa shape index (κ2) is 6.84. The Morgan fingerprint density at radius 2 is 1.70 bits per heavy atom. The molecule has 2 aromatic carbocycles. The molecule has 0 atom stereocenters. The van der Waals surface area contributed by atoms with Crippen LogP contribution in [0, 0.1) is 10.1 Å². The largest absolute Gasteiger partial charge is 0.383 e. The lowest BCUT2D eigenvalue weighted by molar-refractivity contribution is -0.385. The highest BCUT2D eigenvalue weighted by Crippen LogP contribution is 2.19. The van der Waals surface area contributed by atoms with Gasteiger partial charge in [0.1, 0.15) is 5.84 Å². The molecule has 0 unspecified atom stereocenters. The van der Waals surface area contributed by atoms with E-state index in [0.717, 1.165) is 11.5 Å². The molecule has 2 N–H and O–H groups in total. The van der Waals surface area contributed by atoms with Crippen molar-refractivity contribution in [2.75, 3.05) is 0 Å². The minimum Gasteiger partial charge on any atom is -0.383 e. The zero-order chi connectivity index (χ0) is 16.9. The molecule has 0 bridgehead atoms. The molecule has 0 amide bonds. The maximum atomic E-state index is 11.9. The van der Waals surface area contributed by atoms with Gasteiger partial charge in [0.25, 0.3) is 15.7 Å². The van der Waals surface area contributed by atoms with Crippen LogP contribution < -0.4 is 5.73 Å². The van der Waals surface area contributed by atoms with Gasteiger partial charge in [-0.15, -0.1) is 4.40 Å². The number of para-hydroxylation sites is 1. The van der Waals surface area contributed by atoms with Gasteiger partial charge >= 0.3 is 0 Å². The van der Waals surface area contributed by atoms with Crippen LogP contribution in [-0.4, -0.2) is 19.2 Å². The Hall–Kier alpha value is -3.00. The summed E-state index contributed by atoms with van der Waals surface area (Å²) in [5, 5.41) is 11.7. The van der Waals surface area contributed by atoms with Gasteiger partial charge in [0.2, 0.25) is 0 Å². The van der Waals surface area contributed by atoms with Gasteiger partial charge in [0, 0.05) is 11.6 Å². The number of sulfonamides is 1. The van der Waals surface area contributed by atoms with E-state index < -0.39 is 14.9 Å². The monoisotopic (exact) mass is 331 g/mol. The molecule has 118 valence electrons. The van der Waals surface area contributed by atoms with Crippen molar-refractivity contribution in [2.45, 2.75) is 0 Å². The minimum atomic E-state index is -4.01. The molecular formula is C15H13N3O4S. The molecule has 23 heavy (non-hydrogen) atoms. The SMILES string of the molecule is N/C(=N\S(=O)(=O)C=Cc1ccccc1[N+](=O)[O-])c1ccccc1. The highest BCUT2D eigenvalue weighted by Gasteiger charge is 2.11. The Bertz CT molecular complexity index is 875. The molecule has 0 radical (unpaired) electrons. The highest BCUT2D eigenvalue weighted by molar-refractivity contribution is 7.93. The van der Waals surface area contributed by atoms with E-state index in [2.05, 4.69) is 4.40 Å². The first-order valence-electron chi connectivity index (χ1n) is 6.46. The standard InChI is InChI=1S/C15H13N3O4S/c16-15(13-7-2-1-3-8-13)17-23(21,22)11-10-12-6-4-5-9-14(12)18(19)20/h1-11H,(H2,16,17). The van der Waals surface area contributed by atoms with Crippen molar-refractivity contribution in [2.24, 2.45) is 10.1 Å². The van der Waals surface area contributed by atoms with Gasteiger partial charge in [0.05, 0.1) is 15.9 Å². The van der Waals surface area contributed by atoms with Crippen LogP contribution in [0.15, 0.2) is 64.4 Å². The number of nitro groups is 1. The predicted molar refractivity (Wildman–Crippen MR) is 88.2 cm³/mol. The fourth-order valence-electron chi connectivity index (χ4n) is 1.78. The Morgan fingerprint density at radius 1 is 1.09 bits per heavy atom. The molecule has 0 aliphatic carbocycles. The fourth-order valence-corrected chi connectivity index (χ4v) is 2.54. The molecular weight excluding hydrogens is 318 g/mol. The molecule has 2 rings (SSSR count). The molecule has 0 aliphatic rings.